The second-order valence-corrected chi connectivity index (χ2v) is 9.06. The molecule has 2 aromatic carbocycles. The van der Waals surface area contributed by atoms with Gasteiger partial charge in [0, 0.05) is 0 Å². The Morgan fingerprint density at radius 1 is 1.07 bits per heavy atom. The summed E-state index contributed by atoms with van der Waals surface area (Å²) in [5, 5.41) is 2.80. The largest absolute Gasteiger partial charge is 0.491 e. The second-order valence-electron chi connectivity index (χ2n) is 7.15. The molecule has 1 amide bonds. The summed E-state index contributed by atoms with van der Waals surface area (Å²) in [6, 6.07) is 12.9. The van der Waals surface area contributed by atoms with Gasteiger partial charge < -0.3 is 10.1 Å². The molecule has 2 aromatic rings. The minimum absolute atomic E-state index is 0.270. The number of benzene rings is 2. The van der Waals surface area contributed by atoms with Crippen molar-refractivity contribution in [3.8, 4) is 5.75 Å². The molecule has 6 nitrogen and oxygen atoms in total. The highest BCUT2D eigenvalue weighted by Crippen LogP contribution is 2.23. The first-order valence-electron chi connectivity index (χ1n) is 9.10. The van der Waals surface area contributed by atoms with Crippen LogP contribution in [0.25, 0.3) is 0 Å². The SMILES string of the molecule is Cc1ccc(OCC(C)NC(=O)CN(c2cc(C)ccc2C)S(C)(=O)=O)cc1. The number of nitrogens with zero attached hydrogens (tertiary/aromatic N) is 1. The first-order chi connectivity index (χ1) is 13.1. The summed E-state index contributed by atoms with van der Waals surface area (Å²) in [7, 11) is -3.61. The zero-order valence-electron chi connectivity index (χ0n) is 17.0. The minimum atomic E-state index is -3.61. The van der Waals surface area contributed by atoms with E-state index in [2.05, 4.69) is 5.32 Å². The van der Waals surface area contributed by atoms with E-state index in [0.717, 1.165) is 33.0 Å². The molecule has 0 aliphatic rings. The number of rotatable bonds is 8. The fraction of sp³-hybridized carbons (Fsp3) is 0.381. The highest BCUT2D eigenvalue weighted by Gasteiger charge is 2.23. The van der Waals surface area contributed by atoms with E-state index in [1.165, 1.54) is 0 Å². The summed E-state index contributed by atoms with van der Waals surface area (Å²) in [6.07, 6.45) is 1.10. The molecule has 0 fully saturated rings. The number of carbonyl (C=O) groups is 1. The maximum absolute atomic E-state index is 12.5. The average Bonchev–Trinajstić information content (AvgIpc) is 2.60. The lowest BCUT2D eigenvalue weighted by Gasteiger charge is -2.25. The van der Waals surface area contributed by atoms with Gasteiger partial charge in [0.2, 0.25) is 15.9 Å². The maximum Gasteiger partial charge on any atom is 0.241 e. The minimum Gasteiger partial charge on any atom is -0.491 e. The van der Waals surface area contributed by atoms with Gasteiger partial charge in [-0.15, -0.1) is 0 Å². The van der Waals surface area contributed by atoms with Crippen molar-refractivity contribution in [1.82, 2.24) is 5.32 Å². The monoisotopic (exact) mass is 404 g/mol. The molecule has 28 heavy (non-hydrogen) atoms. The van der Waals surface area contributed by atoms with Crippen LogP contribution in [0.5, 0.6) is 5.75 Å². The molecule has 0 aromatic heterocycles. The molecule has 1 N–H and O–H groups in total. The van der Waals surface area contributed by atoms with Crippen molar-refractivity contribution < 1.29 is 17.9 Å². The van der Waals surface area contributed by atoms with Gasteiger partial charge in [-0.2, -0.15) is 0 Å². The van der Waals surface area contributed by atoms with E-state index in [9.17, 15) is 13.2 Å². The Morgan fingerprint density at radius 3 is 2.29 bits per heavy atom. The van der Waals surface area contributed by atoms with Gasteiger partial charge in [-0.3, -0.25) is 9.10 Å². The van der Waals surface area contributed by atoms with E-state index in [1.54, 1.807) is 6.07 Å². The van der Waals surface area contributed by atoms with E-state index < -0.39 is 10.0 Å². The normalized spacial score (nSPS) is 12.3. The lowest BCUT2D eigenvalue weighted by atomic mass is 10.1. The molecule has 1 atom stereocenters. The van der Waals surface area contributed by atoms with Gasteiger partial charge in [0.25, 0.3) is 0 Å². The Labute approximate surface area is 167 Å². The molecule has 0 aliphatic heterocycles. The fourth-order valence-electron chi connectivity index (χ4n) is 2.72. The first kappa shape index (κ1) is 21.8. The number of carbonyl (C=O) groups excluding carboxylic acids is 1. The van der Waals surface area contributed by atoms with Crippen LogP contribution in [0.15, 0.2) is 42.5 Å². The summed E-state index contributed by atoms with van der Waals surface area (Å²) >= 11 is 0. The van der Waals surface area contributed by atoms with Crippen LogP contribution < -0.4 is 14.4 Å². The maximum atomic E-state index is 12.5. The first-order valence-corrected chi connectivity index (χ1v) is 10.9. The Kier molecular flexibility index (Phi) is 7.07. The van der Waals surface area contributed by atoms with Gasteiger partial charge in [-0.05, 0) is 57.0 Å². The number of amides is 1. The Balaban J connectivity index is 2.01. The molecule has 2 rings (SSSR count). The molecule has 0 heterocycles. The van der Waals surface area contributed by atoms with Gasteiger partial charge in [0.15, 0.2) is 0 Å². The van der Waals surface area contributed by atoms with E-state index in [4.69, 9.17) is 4.74 Å². The third-order valence-electron chi connectivity index (χ3n) is 4.25. The van der Waals surface area contributed by atoms with Gasteiger partial charge >= 0.3 is 0 Å². The summed E-state index contributed by atoms with van der Waals surface area (Å²) in [5.41, 5.74) is 3.37. The Morgan fingerprint density at radius 2 is 1.68 bits per heavy atom. The molecule has 152 valence electrons. The molecule has 0 bridgehead atoms. The molecule has 1 unspecified atom stereocenters. The van der Waals surface area contributed by atoms with Crippen LogP contribution >= 0.6 is 0 Å². The van der Waals surface area contributed by atoms with Crippen LogP contribution in [0.4, 0.5) is 5.69 Å². The fourth-order valence-corrected chi connectivity index (χ4v) is 3.62. The van der Waals surface area contributed by atoms with Gasteiger partial charge in [-0.25, -0.2) is 8.42 Å². The van der Waals surface area contributed by atoms with Crippen molar-refractivity contribution in [2.75, 3.05) is 23.7 Å². The number of ether oxygens (including phenoxy) is 1. The lowest BCUT2D eigenvalue weighted by Crippen LogP contribution is -2.45. The zero-order valence-corrected chi connectivity index (χ0v) is 17.8. The summed E-state index contributed by atoms with van der Waals surface area (Å²) < 4.78 is 31.4. The smallest absolute Gasteiger partial charge is 0.241 e. The van der Waals surface area contributed by atoms with Gasteiger partial charge in [0.05, 0.1) is 18.0 Å². The number of aryl methyl sites for hydroxylation is 3. The van der Waals surface area contributed by atoms with Gasteiger partial charge in [-0.1, -0.05) is 29.8 Å². The van der Waals surface area contributed by atoms with E-state index in [-0.39, 0.29) is 25.1 Å². The Hall–Kier alpha value is -2.54. The summed E-state index contributed by atoms with van der Waals surface area (Å²) in [4.78, 5) is 12.5. The number of sulfonamides is 1. The van der Waals surface area contributed by atoms with Gasteiger partial charge in [0.1, 0.15) is 18.9 Å². The van der Waals surface area contributed by atoms with Crippen molar-refractivity contribution >= 4 is 21.6 Å². The topological polar surface area (TPSA) is 75.7 Å². The van der Waals surface area contributed by atoms with Crippen LogP contribution in [-0.4, -0.2) is 39.8 Å². The van der Waals surface area contributed by atoms with Crippen LogP contribution in [0, 0.1) is 20.8 Å². The molecule has 0 aliphatic carbocycles. The Bertz CT molecular complexity index is 924. The average molecular weight is 405 g/mol. The van der Waals surface area contributed by atoms with Crippen molar-refractivity contribution in [2.45, 2.75) is 33.7 Å². The van der Waals surface area contributed by atoms with Crippen LogP contribution in [0.1, 0.15) is 23.6 Å². The number of anilines is 1. The summed E-state index contributed by atoms with van der Waals surface area (Å²) in [6.45, 7) is 7.52. The lowest BCUT2D eigenvalue weighted by molar-refractivity contribution is -0.120. The van der Waals surface area contributed by atoms with Crippen LogP contribution in [0.2, 0.25) is 0 Å². The molecule has 0 saturated carbocycles. The molecule has 0 radical (unpaired) electrons. The van der Waals surface area contributed by atoms with E-state index >= 15 is 0 Å². The summed E-state index contributed by atoms with van der Waals surface area (Å²) in [5.74, 6) is 0.339. The highest BCUT2D eigenvalue weighted by molar-refractivity contribution is 7.92. The zero-order chi connectivity index (χ0) is 20.9. The number of hydrogen-bond acceptors (Lipinski definition) is 4. The van der Waals surface area contributed by atoms with Crippen LogP contribution in [0.3, 0.4) is 0 Å². The number of nitrogens with one attached hydrogen (secondary N) is 1. The third-order valence-corrected chi connectivity index (χ3v) is 5.38. The molecule has 0 spiro atoms. The van der Waals surface area contributed by atoms with Crippen LogP contribution in [-0.2, 0) is 14.8 Å². The predicted octanol–water partition coefficient (Wildman–Crippen LogP) is 2.96. The van der Waals surface area contributed by atoms with E-state index in [0.29, 0.717) is 5.69 Å². The molecule has 0 saturated heterocycles. The van der Waals surface area contributed by atoms with Crippen molar-refractivity contribution in [3.05, 3.63) is 59.2 Å². The number of hydrogen-bond donors (Lipinski definition) is 1. The van der Waals surface area contributed by atoms with E-state index in [1.807, 2.05) is 64.1 Å². The molecular weight excluding hydrogens is 376 g/mol. The second kappa shape index (κ2) is 9.10. The molecular formula is C21H28N2O4S. The highest BCUT2D eigenvalue weighted by atomic mass is 32.2. The quantitative estimate of drug-likeness (QED) is 0.734. The standard InChI is InChI=1S/C21H28N2O4S/c1-15-7-10-19(11-8-15)27-14-18(4)22-21(24)13-23(28(5,25)26)20-12-16(2)6-9-17(20)3/h6-12,18H,13-14H2,1-5H3,(H,22,24). The van der Waals surface area contributed by atoms with Crippen molar-refractivity contribution in [1.29, 1.82) is 0 Å². The predicted molar refractivity (Wildman–Crippen MR) is 112 cm³/mol. The van der Waals surface area contributed by atoms with Crippen molar-refractivity contribution in [3.63, 3.8) is 0 Å². The molecule has 7 heteroatoms. The van der Waals surface area contributed by atoms with Crippen molar-refractivity contribution in [2.24, 2.45) is 0 Å². The third kappa shape index (κ3) is 6.27.